The fraction of sp³-hybridized carbons (Fsp3) is 0.818. The zero-order chi connectivity index (χ0) is 12.9. The van der Waals surface area contributed by atoms with Gasteiger partial charge >= 0.3 is 0 Å². The maximum Gasteiger partial charge on any atom is 0.225 e. The lowest BCUT2D eigenvalue weighted by molar-refractivity contribution is 0.0660. The maximum absolute atomic E-state index is 6.00. The summed E-state index contributed by atoms with van der Waals surface area (Å²) in [6.07, 6.45) is 0. The first kappa shape index (κ1) is 14.4. The van der Waals surface area contributed by atoms with Crippen LogP contribution in [0.3, 0.4) is 0 Å². The minimum atomic E-state index is -0.0767. The van der Waals surface area contributed by atoms with E-state index in [4.69, 9.17) is 21.1 Å². The molecule has 0 spiro atoms. The molecule has 0 amide bonds. The van der Waals surface area contributed by atoms with Gasteiger partial charge in [-0.2, -0.15) is 0 Å². The summed E-state index contributed by atoms with van der Waals surface area (Å²) in [7, 11) is 1.65. The van der Waals surface area contributed by atoms with Crippen molar-refractivity contribution in [2.75, 3.05) is 26.9 Å². The van der Waals surface area contributed by atoms with Gasteiger partial charge in [-0.15, -0.1) is 10.2 Å². The van der Waals surface area contributed by atoms with E-state index in [0.29, 0.717) is 31.6 Å². The van der Waals surface area contributed by atoms with Crippen LogP contribution in [0, 0.1) is 0 Å². The number of hydrogen-bond acceptors (Lipinski definition) is 4. The highest BCUT2D eigenvalue weighted by Crippen LogP contribution is 2.22. The van der Waals surface area contributed by atoms with Gasteiger partial charge in [-0.05, 0) is 11.6 Å². The third-order valence-corrected chi connectivity index (χ3v) is 2.55. The molecule has 0 aliphatic rings. The summed E-state index contributed by atoms with van der Waals surface area (Å²) in [6.45, 7) is 8.65. The van der Waals surface area contributed by atoms with Crippen LogP contribution in [0.4, 0.5) is 0 Å². The topological polar surface area (TPSA) is 49.2 Å². The molecule has 1 aromatic rings. The van der Waals surface area contributed by atoms with Crippen LogP contribution in [0.5, 0.6) is 0 Å². The van der Waals surface area contributed by atoms with Crippen molar-refractivity contribution < 1.29 is 9.47 Å². The largest absolute Gasteiger partial charge is 0.382 e. The van der Waals surface area contributed by atoms with E-state index in [1.807, 2.05) is 4.57 Å². The maximum atomic E-state index is 6.00. The number of ether oxygens (including phenoxy) is 2. The fourth-order valence-electron chi connectivity index (χ4n) is 1.44. The Bertz CT molecular complexity index is 347. The molecule has 0 fully saturated rings. The number of nitrogens with zero attached hydrogens (tertiary/aromatic N) is 3. The van der Waals surface area contributed by atoms with Gasteiger partial charge in [-0.3, -0.25) is 4.57 Å². The Hall–Kier alpha value is -0.650. The van der Waals surface area contributed by atoms with Gasteiger partial charge in [0.15, 0.2) is 0 Å². The molecule has 0 saturated heterocycles. The molecule has 1 aromatic heterocycles. The quantitative estimate of drug-likeness (QED) is 0.734. The molecular weight excluding hydrogens is 242 g/mol. The molecule has 0 radical (unpaired) electrons. The molecule has 1 heterocycles. The third-order valence-electron chi connectivity index (χ3n) is 2.27. The second kappa shape index (κ2) is 6.33. The van der Waals surface area contributed by atoms with Gasteiger partial charge in [-0.25, -0.2) is 0 Å². The molecular formula is C11H20ClN3O2. The molecule has 17 heavy (non-hydrogen) atoms. The summed E-state index contributed by atoms with van der Waals surface area (Å²) in [5, 5.41) is 8.41. The van der Waals surface area contributed by atoms with E-state index < -0.39 is 0 Å². The molecule has 5 nitrogen and oxygen atoms in total. The molecule has 98 valence electrons. The molecule has 0 aromatic carbocycles. The van der Waals surface area contributed by atoms with Gasteiger partial charge in [0, 0.05) is 12.5 Å². The van der Waals surface area contributed by atoms with Gasteiger partial charge < -0.3 is 9.47 Å². The molecule has 6 heteroatoms. The smallest absolute Gasteiger partial charge is 0.225 e. The molecule has 1 rings (SSSR count). The summed E-state index contributed by atoms with van der Waals surface area (Å²) in [4.78, 5) is 0. The Balaban J connectivity index is 2.55. The van der Waals surface area contributed by atoms with Gasteiger partial charge in [0.05, 0.1) is 26.4 Å². The van der Waals surface area contributed by atoms with Crippen LogP contribution < -0.4 is 0 Å². The minimum absolute atomic E-state index is 0.0767. The van der Waals surface area contributed by atoms with Crippen molar-refractivity contribution in [3.63, 3.8) is 0 Å². The zero-order valence-corrected chi connectivity index (χ0v) is 11.6. The SMILES string of the molecule is COCCOCCn1c(Cl)nnc1C(C)(C)C. The lowest BCUT2D eigenvalue weighted by Gasteiger charge is -2.18. The van der Waals surface area contributed by atoms with E-state index in [1.54, 1.807) is 7.11 Å². The normalized spacial score (nSPS) is 12.1. The van der Waals surface area contributed by atoms with Gasteiger partial charge in [0.25, 0.3) is 0 Å². The van der Waals surface area contributed by atoms with E-state index in [-0.39, 0.29) is 5.41 Å². The number of methoxy groups -OCH3 is 1. The number of aromatic nitrogens is 3. The standard InChI is InChI=1S/C11H20ClN3O2/c1-11(2,3)9-13-14-10(12)15(9)5-6-17-8-7-16-4/h5-8H2,1-4H3. The highest BCUT2D eigenvalue weighted by Gasteiger charge is 2.22. The highest BCUT2D eigenvalue weighted by atomic mass is 35.5. The Morgan fingerprint density at radius 3 is 2.47 bits per heavy atom. The second-order valence-electron chi connectivity index (χ2n) is 4.80. The van der Waals surface area contributed by atoms with Crippen LogP contribution in [0.1, 0.15) is 26.6 Å². The molecule has 0 atom stereocenters. The van der Waals surface area contributed by atoms with E-state index in [2.05, 4.69) is 31.0 Å². The molecule has 0 aliphatic carbocycles. The van der Waals surface area contributed by atoms with Crippen LogP contribution in [-0.2, 0) is 21.4 Å². The summed E-state index contributed by atoms with van der Waals surface area (Å²) in [6, 6.07) is 0. The lowest BCUT2D eigenvalue weighted by Crippen LogP contribution is -2.21. The Morgan fingerprint density at radius 1 is 1.18 bits per heavy atom. The average molecular weight is 262 g/mol. The van der Waals surface area contributed by atoms with Crippen LogP contribution in [0.2, 0.25) is 5.28 Å². The molecule has 0 aliphatic heterocycles. The van der Waals surface area contributed by atoms with Crippen LogP contribution in [-0.4, -0.2) is 41.7 Å². The summed E-state index contributed by atoms with van der Waals surface area (Å²) >= 11 is 6.00. The molecule has 0 saturated carbocycles. The first-order chi connectivity index (χ1) is 7.96. The van der Waals surface area contributed by atoms with Gasteiger partial charge in [0.2, 0.25) is 5.28 Å². The minimum Gasteiger partial charge on any atom is -0.382 e. The van der Waals surface area contributed by atoms with Crippen LogP contribution >= 0.6 is 11.6 Å². The monoisotopic (exact) mass is 261 g/mol. The van der Waals surface area contributed by atoms with Gasteiger partial charge in [-0.1, -0.05) is 20.8 Å². The number of rotatable bonds is 6. The summed E-state index contributed by atoms with van der Waals surface area (Å²) < 4.78 is 12.2. The average Bonchev–Trinajstić information content (AvgIpc) is 2.59. The van der Waals surface area contributed by atoms with Crippen molar-refractivity contribution in [3.8, 4) is 0 Å². The van der Waals surface area contributed by atoms with Crippen LogP contribution in [0.25, 0.3) is 0 Å². The molecule has 0 bridgehead atoms. The summed E-state index contributed by atoms with van der Waals surface area (Å²) in [5.41, 5.74) is -0.0767. The summed E-state index contributed by atoms with van der Waals surface area (Å²) in [5.74, 6) is 0.873. The third kappa shape index (κ3) is 4.26. The van der Waals surface area contributed by atoms with Gasteiger partial charge in [0.1, 0.15) is 5.82 Å². The predicted octanol–water partition coefficient (Wildman–Crippen LogP) is 1.89. The predicted molar refractivity (Wildman–Crippen MR) is 66.4 cm³/mol. The van der Waals surface area contributed by atoms with Crippen molar-refractivity contribution in [2.45, 2.75) is 32.7 Å². The zero-order valence-electron chi connectivity index (χ0n) is 10.9. The second-order valence-corrected chi connectivity index (χ2v) is 5.14. The first-order valence-electron chi connectivity index (χ1n) is 5.62. The first-order valence-corrected chi connectivity index (χ1v) is 6.00. The fourth-order valence-corrected chi connectivity index (χ4v) is 1.64. The van der Waals surface area contributed by atoms with E-state index in [0.717, 1.165) is 5.82 Å². The van der Waals surface area contributed by atoms with Crippen molar-refractivity contribution >= 4 is 11.6 Å². The van der Waals surface area contributed by atoms with Crippen LogP contribution in [0.15, 0.2) is 0 Å². The number of hydrogen-bond donors (Lipinski definition) is 0. The van der Waals surface area contributed by atoms with E-state index in [9.17, 15) is 0 Å². The number of halogens is 1. The molecule has 0 N–H and O–H groups in total. The van der Waals surface area contributed by atoms with Crippen molar-refractivity contribution in [3.05, 3.63) is 11.1 Å². The highest BCUT2D eigenvalue weighted by molar-refractivity contribution is 6.28. The Labute approximate surface area is 107 Å². The lowest BCUT2D eigenvalue weighted by atomic mass is 9.96. The van der Waals surface area contributed by atoms with E-state index >= 15 is 0 Å². The Kier molecular flexibility index (Phi) is 5.36. The van der Waals surface area contributed by atoms with Crippen molar-refractivity contribution in [2.24, 2.45) is 0 Å². The van der Waals surface area contributed by atoms with Crippen molar-refractivity contribution in [1.82, 2.24) is 14.8 Å². The Morgan fingerprint density at radius 2 is 1.88 bits per heavy atom. The van der Waals surface area contributed by atoms with Crippen molar-refractivity contribution in [1.29, 1.82) is 0 Å². The molecule has 0 unspecified atom stereocenters. The van der Waals surface area contributed by atoms with E-state index in [1.165, 1.54) is 0 Å².